The van der Waals surface area contributed by atoms with Crippen LogP contribution in [0.1, 0.15) is 47.4 Å². The zero-order valence-corrected chi connectivity index (χ0v) is 12.2. The number of hydrogen-bond donors (Lipinski definition) is 1. The number of aromatic carboxylic acids is 1. The van der Waals surface area contributed by atoms with Crippen LogP contribution in [0.2, 0.25) is 0 Å². The number of carbonyl (C=O) groups is 2. The van der Waals surface area contributed by atoms with Crippen LogP contribution >= 0.6 is 0 Å². The van der Waals surface area contributed by atoms with E-state index in [0.717, 1.165) is 31.0 Å². The molecule has 0 bridgehead atoms. The summed E-state index contributed by atoms with van der Waals surface area (Å²) in [6.45, 7) is 3.86. The number of nitrogens with zero attached hydrogens (tertiary/aromatic N) is 2. The molecule has 7 nitrogen and oxygen atoms in total. The molecule has 7 heteroatoms. The Morgan fingerprint density at radius 3 is 2.38 bits per heavy atom. The molecule has 0 radical (unpaired) electrons. The number of non-ortho nitro benzene ring substituents is 1. The molecule has 0 saturated carbocycles. The van der Waals surface area contributed by atoms with E-state index in [1.807, 2.05) is 13.8 Å². The summed E-state index contributed by atoms with van der Waals surface area (Å²) in [7, 11) is 1.60. The molecule has 0 fully saturated rings. The molecule has 0 saturated heterocycles. The molecule has 1 amide bonds. The lowest BCUT2D eigenvalue weighted by atomic mass is 10.1. The second-order valence-electron chi connectivity index (χ2n) is 4.88. The predicted molar refractivity (Wildman–Crippen MR) is 76.5 cm³/mol. The lowest BCUT2D eigenvalue weighted by Crippen LogP contribution is -2.35. The summed E-state index contributed by atoms with van der Waals surface area (Å²) in [6, 6.07) is 3.17. The number of nitro benzene ring substituents is 1. The van der Waals surface area contributed by atoms with Gasteiger partial charge in [-0.15, -0.1) is 0 Å². The molecule has 21 heavy (non-hydrogen) atoms. The highest BCUT2D eigenvalue weighted by Crippen LogP contribution is 2.19. The Labute approximate surface area is 122 Å². The van der Waals surface area contributed by atoms with Gasteiger partial charge in [0.2, 0.25) is 0 Å². The Bertz CT molecular complexity index is 538. The zero-order chi connectivity index (χ0) is 16.2. The number of carbonyl (C=O) groups excluding carboxylic acids is 1. The smallest absolute Gasteiger partial charge is 0.335 e. The molecule has 0 aliphatic heterocycles. The van der Waals surface area contributed by atoms with Crippen molar-refractivity contribution in [3.63, 3.8) is 0 Å². The molecule has 1 aromatic rings. The van der Waals surface area contributed by atoms with E-state index in [1.54, 1.807) is 7.05 Å². The van der Waals surface area contributed by atoms with Crippen molar-refractivity contribution in [2.45, 2.75) is 32.7 Å². The lowest BCUT2D eigenvalue weighted by molar-refractivity contribution is -0.384. The van der Waals surface area contributed by atoms with Gasteiger partial charge in [-0.2, -0.15) is 0 Å². The maximum atomic E-state index is 12.3. The molecule has 0 heterocycles. The van der Waals surface area contributed by atoms with E-state index in [9.17, 15) is 19.7 Å². The van der Waals surface area contributed by atoms with Crippen LogP contribution in [-0.4, -0.2) is 39.9 Å². The first-order chi connectivity index (χ1) is 9.77. The topological polar surface area (TPSA) is 101 Å². The van der Waals surface area contributed by atoms with Crippen LogP contribution in [0, 0.1) is 10.1 Å². The summed E-state index contributed by atoms with van der Waals surface area (Å²) in [5, 5.41) is 19.8. The number of carboxylic acid groups (broad SMARTS) is 1. The number of nitro groups is 1. The third-order valence-electron chi connectivity index (χ3n) is 3.31. The average molecular weight is 294 g/mol. The van der Waals surface area contributed by atoms with Gasteiger partial charge in [0.05, 0.1) is 10.5 Å². The van der Waals surface area contributed by atoms with Crippen molar-refractivity contribution >= 4 is 17.6 Å². The molecule has 1 rings (SSSR count). The highest BCUT2D eigenvalue weighted by molar-refractivity contribution is 5.98. The van der Waals surface area contributed by atoms with Crippen molar-refractivity contribution < 1.29 is 19.6 Å². The van der Waals surface area contributed by atoms with Gasteiger partial charge in [0.25, 0.3) is 11.6 Å². The van der Waals surface area contributed by atoms with Gasteiger partial charge in [-0.25, -0.2) is 4.79 Å². The average Bonchev–Trinajstić information content (AvgIpc) is 2.45. The van der Waals surface area contributed by atoms with Crippen LogP contribution in [0.3, 0.4) is 0 Å². The molecular formula is C14H18N2O5. The molecule has 0 aliphatic carbocycles. The van der Waals surface area contributed by atoms with Gasteiger partial charge in [0.15, 0.2) is 0 Å². The summed E-state index contributed by atoms with van der Waals surface area (Å²) >= 11 is 0. The fraction of sp³-hybridized carbons (Fsp3) is 0.429. The van der Waals surface area contributed by atoms with Crippen molar-refractivity contribution in [1.29, 1.82) is 0 Å². The van der Waals surface area contributed by atoms with Gasteiger partial charge in [0.1, 0.15) is 0 Å². The molecule has 114 valence electrons. The minimum Gasteiger partial charge on any atom is -0.478 e. The Kier molecular flexibility index (Phi) is 5.40. The summed E-state index contributed by atoms with van der Waals surface area (Å²) in [5.74, 6) is -1.74. The summed E-state index contributed by atoms with van der Waals surface area (Å²) in [5.41, 5.74) is -0.675. The van der Waals surface area contributed by atoms with Gasteiger partial charge in [0, 0.05) is 30.8 Å². The highest BCUT2D eigenvalue weighted by atomic mass is 16.6. The number of amides is 1. The van der Waals surface area contributed by atoms with E-state index in [-0.39, 0.29) is 17.2 Å². The number of benzene rings is 1. The van der Waals surface area contributed by atoms with Gasteiger partial charge < -0.3 is 10.0 Å². The molecule has 1 unspecified atom stereocenters. The third kappa shape index (κ3) is 4.01. The van der Waals surface area contributed by atoms with Crippen molar-refractivity contribution in [3.05, 3.63) is 39.4 Å². The van der Waals surface area contributed by atoms with Crippen molar-refractivity contribution in [3.8, 4) is 0 Å². The van der Waals surface area contributed by atoms with Crippen LogP contribution in [0.15, 0.2) is 18.2 Å². The van der Waals surface area contributed by atoms with Crippen molar-refractivity contribution in [1.82, 2.24) is 4.90 Å². The van der Waals surface area contributed by atoms with E-state index >= 15 is 0 Å². The van der Waals surface area contributed by atoms with Crippen LogP contribution in [0.25, 0.3) is 0 Å². The Morgan fingerprint density at radius 1 is 1.33 bits per heavy atom. The summed E-state index contributed by atoms with van der Waals surface area (Å²) in [4.78, 5) is 34.9. The second-order valence-corrected chi connectivity index (χ2v) is 4.88. The van der Waals surface area contributed by atoms with Gasteiger partial charge >= 0.3 is 5.97 Å². The quantitative estimate of drug-likeness (QED) is 0.641. The Hall–Kier alpha value is -2.44. The molecule has 0 aromatic heterocycles. The van der Waals surface area contributed by atoms with Crippen LogP contribution < -0.4 is 0 Å². The maximum Gasteiger partial charge on any atom is 0.335 e. The lowest BCUT2D eigenvalue weighted by Gasteiger charge is -2.24. The van der Waals surface area contributed by atoms with Crippen LogP contribution in [0.4, 0.5) is 5.69 Å². The number of carboxylic acids is 1. The van der Waals surface area contributed by atoms with Crippen molar-refractivity contribution in [2.75, 3.05) is 7.05 Å². The predicted octanol–water partition coefficient (Wildman–Crippen LogP) is 2.55. The standard InChI is InChI=1S/C14H18N2O5/c1-4-5-9(2)15(3)13(17)10-6-11(14(18)19)8-12(7-10)16(20)21/h6-9H,4-5H2,1-3H3,(H,18,19). The largest absolute Gasteiger partial charge is 0.478 e. The van der Waals surface area contributed by atoms with E-state index in [4.69, 9.17) is 5.11 Å². The summed E-state index contributed by atoms with van der Waals surface area (Å²) < 4.78 is 0. The monoisotopic (exact) mass is 294 g/mol. The van der Waals surface area contributed by atoms with Gasteiger partial charge in [-0.05, 0) is 19.4 Å². The first-order valence-electron chi connectivity index (χ1n) is 6.57. The number of hydrogen-bond acceptors (Lipinski definition) is 4. The first-order valence-corrected chi connectivity index (χ1v) is 6.57. The van der Waals surface area contributed by atoms with E-state index in [2.05, 4.69) is 0 Å². The summed E-state index contributed by atoms with van der Waals surface area (Å²) in [6.07, 6.45) is 1.69. The molecule has 0 spiro atoms. The minimum absolute atomic E-state index is 0.00653. The van der Waals surface area contributed by atoms with E-state index < -0.39 is 22.5 Å². The van der Waals surface area contributed by atoms with Crippen molar-refractivity contribution in [2.24, 2.45) is 0 Å². The number of rotatable bonds is 6. The second kappa shape index (κ2) is 6.83. The van der Waals surface area contributed by atoms with Crippen LogP contribution in [-0.2, 0) is 0 Å². The fourth-order valence-corrected chi connectivity index (χ4v) is 1.98. The first kappa shape index (κ1) is 16.6. The fourth-order valence-electron chi connectivity index (χ4n) is 1.98. The normalized spacial score (nSPS) is 11.8. The molecule has 1 atom stereocenters. The van der Waals surface area contributed by atoms with Gasteiger partial charge in [-0.3, -0.25) is 14.9 Å². The van der Waals surface area contributed by atoms with Crippen LogP contribution in [0.5, 0.6) is 0 Å². The Morgan fingerprint density at radius 2 is 1.90 bits per heavy atom. The molecule has 1 aromatic carbocycles. The zero-order valence-electron chi connectivity index (χ0n) is 12.2. The molecular weight excluding hydrogens is 276 g/mol. The van der Waals surface area contributed by atoms with E-state index in [1.165, 1.54) is 4.90 Å². The molecule has 1 N–H and O–H groups in total. The Balaban J connectivity index is 3.19. The maximum absolute atomic E-state index is 12.3. The third-order valence-corrected chi connectivity index (χ3v) is 3.31. The van der Waals surface area contributed by atoms with E-state index in [0.29, 0.717) is 0 Å². The molecule has 0 aliphatic rings. The van der Waals surface area contributed by atoms with Gasteiger partial charge in [-0.1, -0.05) is 13.3 Å². The highest BCUT2D eigenvalue weighted by Gasteiger charge is 2.21. The minimum atomic E-state index is -1.31. The SMILES string of the molecule is CCCC(C)N(C)C(=O)c1cc(C(=O)O)cc([N+](=O)[O-])c1.